The normalized spacial score (nSPS) is 15.1. The van der Waals surface area contributed by atoms with Crippen molar-refractivity contribution in [3.8, 4) is 0 Å². The molecule has 2 amide bonds. The number of likely N-dealkylation sites (tertiary alicyclic amines) is 1. The molecule has 1 aliphatic heterocycles. The van der Waals surface area contributed by atoms with Gasteiger partial charge in [-0.15, -0.1) is 0 Å². The van der Waals surface area contributed by atoms with Gasteiger partial charge in [0.25, 0.3) is 5.91 Å². The van der Waals surface area contributed by atoms with E-state index in [9.17, 15) is 9.59 Å². The summed E-state index contributed by atoms with van der Waals surface area (Å²) < 4.78 is 0. The first kappa shape index (κ1) is 19.5. The Labute approximate surface area is 168 Å². The van der Waals surface area contributed by atoms with E-state index in [1.807, 2.05) is 18.2 Å². The number of carbonyl (C=O) groups is 2. The SMILES string of the molecule is O=C(NC1CCN(C(=O)/C=C/c2cc(Cl)ccc2Cl)CC1)c1ccccc1. The van der Waals surface area contributed by atoms with Crippen LogP contribution in [0.4, 0.5) is 0 Å². The van der Waals surface area contributed by atoms with Crippen molar-refractivity contribution >= 4 is 41.1 Å². The molecule has 1 fully saturated rings. The quantitative estimate of drug-likeness (QED) is 0.768. The van der Waals surface area contributed by atoms with E-state index in [-0.39, 0.29) is 17.9 Å². The molecule has 0 saturated carbocycles. The lowest BCUT2D eigenvalue weighted by Gasteiger charge is -2.31. The highest BCUT2D eigenvalue weighted by Crippen LogP contribution is 2.22. The van der Waals surface area contributed by atoms with Gasteiger partial charge in [-0.25, -0.2) is 0 Å². The average molecular weight is 403 g/mol. The summed E-state index contributed by atoms with van der Waals surface area (Å²) in [5.74, 6) is -0.144. The third kappa shape index (κ3) is 5.34. The molecule has 140 valence electrons. The van der Waals surface area contributed by atoms with Crippen LogP contribution in [0.5, 0.6) is 0 Å². The summed E-state index contributed by atoms with van der Waals surface area (Å²) in [4.78, 5) is 26.4. The molecule has 2 aromatic carbocycles. The van der Waals surface area contributed by atoms with Crippen molar-refractivity contribution in [2.24, 2.45) is 0 Å². The second-order valence-corrected chi connectivity index (χ2v) is 7.28. The van der Waals surface area contributed by atoms with Gasteiger partial charge in [0.05, 0.1) is 0 Å². The van der Waals surface area contributed by atoms with Crippen molar-refractivity contribution < 1.29 is 9.59 Å². The maximum atomic E-state index is 12.4. The molecule has 1 N–H and O–H groups in total. The Hall–Kier alpha value is -2.30. The Morgan fingerprint density at radius 3 is 2.44 bits per heavy atom. The molecule has 0 aromatic heterocycles. The predicted molar refractivity (Wildman–Crippen MR) is 109 cm³/mol. The number of hydrogen-bond acceptors (Lipinski definition) is 2. The lowest BCUT2D eigenvalue weighted by atomic mass is 10.0. The van der Waals surface area contributed by atoms with Crippen LogP contribution in [0, 0.1) is 0 Å². The first-order chi connectivity index (χ1) is 13.0. The van der Waals surface area contributed by atoms with Gasteiger partial charge in [-0.05, 0) is 54.8 Å². The largest absolute Gasteiger partial charge is 0.349 e. The number of hydrogen-bond donors (Lipinski definition) is 1. The van der Waals surface area contributed by atoms with E-state index in [1.54, 1.807) is 41.3 Å². The number of nitrogens with one attached hydrogen (secondary N) is 1. The molecule has 4 nitrogen and oxygen atoms in total. The van der Waals surface area contributed by atoms with Gasteiger partial charge in [0, 0.05) is 40.8 Å². The Bertz CT molecular complexity index is 845. The van der Waals surface area contributed by atoms with Gasteiger partial charge >= 0.3 is 0 Å². The van der Waals surface area contributed by atoms with E-state index < -0.39 is 0 Å². The average Bonchev–Trinajstić information content (AvgIpc) is 2.69. The number of rotatable bonds is 4. The summed E-state index contributed by atoms with van der Waals surface area (Å²) in [6.07, 6.45) is 4.66. The second kappa shape index (κ2) is 9.07. The minimum absolute atomic E-state index is 0.0705. The van der Waals surface area contributed by atoms with Crippen molar-refractivity contribution in [3.63, 3.8) is 0 Å². The van der Waals surface area contributed by atoms with E-state index >= 15 is 0 Å². The molecule has 0 atom stereocenters. The zero-order valence-corrected chi connectivity index (χ0v) is 16.2. The molecule has 0 bridgehead atoms. The Morgan fingerprint density at radius 2 is 1.74 bits per heavy atom. The summed E-state index contributed by atoms with van der Waals surface area (Å²) in [5.41, 5.74) is 1.36. The molecule has 0 radical (unpaired) electrons. The number of nitrogens with zero attached hydrogens (tertiary/aromatic N) is 1. The molecule has 3 rings (SSSR count). The van der Waals surface area contributed by atoms with Crippen molar-refractivity contribution in [2.45, 2.75) is 18.9 Å². The first-order valence-corrected chi connectivity index (χ1v) is 9.56. The van der Waals surface area contributed by atoms with Crippen LogP contribution in [-0.4, -0.2) is 35.8 Å². The van der Waals surface area contributed by atoms with Crippen LogP contribution < -0.4 is 5.32 Å². The highest BCUT2D eigenvalue weighted by molar-refractivity contribution is 6.34. The maximum absolute atomic E-state index is 12.4. The molecule has 2 aromatic rings. The van der Waals surface area contributed by atoms with Gasteiger partial charge in [-0.3, -0.25) is 9.59 Å². The van der Waals surface area contributed by atoms with Crippen molar-refractivity contribution in [1.29, 1.82) is 0 Å². The minimum atomic E-state index is -0.0733. The first-order valence-electron chi connectivity index (χ1n) is 8.81. The van der Waals surface area contributed by atoms with Crippen LogP contribution in [0.15, 0.2) is 54.6 Å². The highest BCUT2D eigenvalue weighted by atomic mass is 35.5. The van der Waals surface area contributed by atoms with Crippen LogP contribution in [0.25, 0.3) is 6.08 Å². The van der Waals surface area contributed by atoms with Gasteiger partial charge in [0.2, 0.25) is 5.91 Å². The summed E-state index contributed by atoms with van der Waals surface area (Å²) in [7, 11) is 0. The molecule has 0 unspecified atom stereocenters. The fraction of sp³-hybridized carbons (Fsp3) is 0.238. The minimum Gasteiger partial charge on any atom is -0.349 e. The summed E-state index contributed by atoms with van der Waals surface area (Å²) >= 11 is 12.1. The van der Waals surface area contributed by atoms with Crippen LogP contribution in [-0.2, 0) is 4.79 Å². The molecule has 6 heteroatoms. The molecule has 27 heavy (non-hydrogen) atoms. The van der Waals surface area contributed by atoms with Crippen molar-refractivity contribution in [2.75, 3.05) is 13.1 Å². The zero-order valence-electron chi connectivity index (χ0n) is 14.7. The molecule has 0 aliphatic carbocycles. The van der Waals surface area contributed by atoms with Crippen LogP contribution >= 0.6 is 23.2 Å². The van der Waals surface area contributed by atoms with Gasteiger partial charge in [0.15, 0.2) is 0 Å². The summed E-state index contributed by atoms with van der Waals surface area (Å²) in [6, 6.07) is 14.4. The fourth-order valence-corrected chi connectivity index (χ4v) is 3.37. The number of amides is 2. The van der Waals surface area contributed by atoms with Crippen LogP contribution in [0.1, 0.15) is 28.8 Å². The Morgan fingerprint density at radius 1 is 1.04 bits per heavy atom. The molecule has 1 heterocycles. The van der Waals surface area contributed by atoms with Gasteiger partial charge in [-0.2, -0.15) is 0 Å². The van der Waals surface area contributed by atoms with E-state index in [4.69, 9.17) is 23.2 Å². The summed E-state index contributed by atoms with van der Waals surface area (Å²) in [6.45, 7) is 1.21. The molecule has 1 aliphatic rings. The van der Waals surface area contributed by atoms with E-state index in [0.29, 0.717) is 34.3 Å². The van der Waals surface area contributed by atoms with Crippen molar-refractivity contribution in [1.82, 2.24) is 10.2 Å². The van der Waals surface area contributed by atoms with E-state index in [2.05, 4.69) is 5.32 Å². The van der Waals surface area contributed by atoms with Gasteiger partial charge < -0.3 is 10.2 Å². The molecular formula is C21H20Cl2N2O2. The van der Waals surface area contributed by atoms with Gasteiger partial charge in [-0.1, -0.05) is 41.4 Å². The standard InChI is InChI=1S/C21H20Cl2N2O2/c22-17-7-8-19(23)16(14-17)6-9-20(26)25-12-10-18(11-13-25)24-21(27)15-4-2-1-3-5-15/h1-9,14,18H,10-13H2,(H,24,27)/b9-6+. The second-order valence-electron chi connectivity index (χ2n) is 6.44. The Balaban J connectivity index is 1.51. The number of benzene rings is 2. The van der Waals surface area contributed by atoms with E-state index in [0.717, 1.165) is 12.8 Å². The highest BCUT2D eigenvalue weighted by Gasteiger charge is 2.23. The Kier molecular flexibility index (Phi) is 6.54. The molecular weight excluding hydrogens is 383 g/mol. The van der Waals surface area contributed by atoms with Crippen molar-refractivity contribution in [3.05, 3.63) is 75.8 Å². The fourth-order valence-electron chi connectivity index (χ4n) is 3.01. The maximum Gasteiger partial charge on any atom is 0.251 e. The zero-order chi connectivity index (χ0) is 19.2. The predicted octanol–water partition coefficient (Wildman–Crippen LogP) is 4.43. The van der Waals surface area contributed by atoms with Crippen LogP contribution in [0.2, 0.25) is 10.0 Å². The lowest BCUT2D eigenvalue weighted by molar-refractivity contribution is -0.126. The third-order valence-electron chi connectivity index (χ3n) is 4.54. The van der Waals surface area contributed by atoms with Crippen LogP contribution in [0.3, 0.4) is 0 Å². The lowest BCUT2D eigenvalue weighted by Crippen LogP contribution is -2.46. The summed E-state index contributed by atoms with van der Waals surface area (Å²) in [5, 5.41) is 4.16. The number of piperidine rings is 1. The molecule has 1 saturated heterocycles. The monoisotopic (exact) mass is 402 g/mol. The smallest absolute Gasteiger partial charge is 0.251 e. The van der Waals surface area contributed by atoms with E-state index in [1.165, 1.54) is 6.08 Å². The molecule has 0 spiro atoms. The number of halogens is 2. The van der Waals surface area contributed by atoms with Gasteiger partial charge in [0.1, 0.15) is 0 Å². The topological polar surface area (TPSA) is 49.4 Å². The third-order valence-corrected chi connectivity index (χ3v) is 5.12. The number of carbonyl (C=O) groups excluding carboxylic acids is 2.